The van der Waals surface area contributed by atoms with Crippen molar-refractivity contribution in [2.24, 2.45) is 0 Å². The molecule has 0 atom stereocenters. The number of ether oxygens (including phenoxy) is 1. The largest absolute Gasteiger partial charge is 0.573 e. The molecule has 0 fully saturated rings. The van der Waals surface area contributed by atoms with E-state index in [9.17, 15) is 18.0 Å². The lowest BCUT2D eigenvalue weighted by Gasteiger charge is -2.10. The van der Waals surface area contributed by atoms with Crippen molar-refractivity contribution in [3.63, 3.8) is 0 Å². The first-order valence-corrected chi connectivity index (χ1v) is 5.79. The van der Waals surface area contributed by atoms with Gasteiger partial charge in [-0.05, 0) is 19.1 Å². The second-order valence-corrected chi connectivity index (χ2v) is 4.07. The summed E-state index contributed by atoms with van der Waals surface area (Å²) < 4.78 is 40.1. The van der Waals surface area contributed by atoms with Crippen LogP contribution in [0.15, 0.2) is 36.7 Å². The minimum atomic E-state index is -4.79. The number of rotatable bonds is 3. The smallest absolute Gasteiger partial charge is 0.406 e. The number of aryl methyl sites for hydroxylation is 1. The number of anilines is 1. The molecular weight excluding hydrogens is 287 g/mol. The van der Waals surface area contributed by atoms with Gasteiger partial charge < -0.3 is 10.1 Å². The molecular formula is C13H10F3N3O2. The van der Waals surface area contributed by atoms with Gasteiger partial charge in [-0.15, -0.1) is 13.2 Å². The van der Waals surface area contributed by atoms with Gasteiger partial charge in [0.05, 0.1) is 11.9 Å². The van der Waals surface area contributed by atoms with E-state index in [4.69, 9.17) is 0 Å². The minimum absolute atomic E-state index is 0.0581. The quantitative estimate of drug-likeness (QED) is 0.946. The van der Waals surface area contributed by atoms with Crippen molar-refractivity contribution < 1.29 is 22.7 Å². The van der Waals surface area contributed by atoms with E-state index < -0.39 is 18.0 Å². The molecule has 0 aliphatic rings. The third-order valence-corrected chi connectivity index (χ3v) is 2.34. The van der Waals surface area contributed by atoms with Crippen LogP contribution < -0.4 is 10.1 Å². The lowest BCUT2D eigenvalue weighted by Crippen LogP contribution is -2.17. The highest BCUT2D eigenvalue weighted by Gasteiger charge is 2.31. The number of aromatic nitrogens is 2. The predicted octanol–water partition coefficient (Wildman–Crippen LogP) is 2.94. The Bertz CT molecular complexity index is 642. The monoisotopic (exact) mass is 297 g/mol. The number of amides is 1. The summed E-state index contributed by atoms with van der Waals surface area (Å²) >= 11 is 0. The van der Waals surface area contributed by atoms with Gasteiger partial charge >= 0.3 is 6.36 Å². The molecule has 0 aliphatic carbocycles. The van der Waals surface area contributed by atoms with Crippen LogP contribution in [0.25, 0.3) is 0 Å². The summed E-state index contributed by atoms with van der Waals surface area (Å²) in [5.74, 6) is -0.998. The number of hydrogen-bond donors (Lipinski definition) is 1. The maximum absolute atomic E-state index is 12.1. The molecule has 110 valence electrons. The summed E-state index contributed by atoms with van der Waals surface area (Å²) in [6.07, 6.45) is -2.09. The molecule has 0 aliphatic heterocycles. The summed E-state index contributed by atoms with van der Waals surface area (Å²) in [4.78, 5) is 19.6. The van der Waals surface area contributed by atoms with Crippen LogP contribution in [0.4, 0.5) is 18.9 Å². The van der Waals surface area contributed by atoms with Crippen LogP contribution in [0.3, 0.4) is 0 Å². The van der Waals surface area contributed by atoms with Crippen molar-refractivity contribution in [2.45, 2.75) is 13.3 Å². The normalized spacial score (nSPS) is 11.0. The Morgan fingerprint density at radius 2 is 2.00 bits per heavy atom. The van der Waals surface area contributed by atoms with Crippen molar-refractivity contribution in [3.05, 3.63) is 48.0 Å². The summed E-state index contributed by atoms with van der Waals surface area (Å²) in [5, 5.41) is 2.42. The second kappa shape index (κ2) is 5.78. The Labute approximate surface area is 117 Å². The molecule has 2 rings (SSSR count). The zero-order valence-corrected chi connectivity index (χ0v) is 10.8. The van der Waals surface area contributed by atoms with E-state index in [0.29, 0.717) is 5.69 Å². The number of nitrogens with one attached hydrogen (secondary N) is 1. The molecule has 1 N–H and O–H groups in total. The van der Waals surface area contributed by atoms with Crippen LogP contribution in [0.2, 0.25) is 0 Å². The van der Waals surface area contributed by atoms with Crippen LogP contribution in [0, 0.1) is 6.92 Å². The Kier molecular flexibility index (Phi) is 4.06. The van der Waals surface area contributed by atoms with Gasteiger partial charge in [-0.3, -0.25) is 9.78 Å². The van der Waals surface area contributed by atoms with Gasteiger partial charge in [-0.1, -0.05) is 6.07 Å². The lowest BCUT2D eigenvalue weighted by molar-refractivity contribution is -0.274. The third-order valence-electron chi connectivity index (χ3n) is 2.34. The average molecular weight is 297 g/mol. The Morgan fingerprint density at radius 1 is 1.24 bits per heavy atom. The number of halogens is 3. The summed E-state index contributed by atoms with van der Waals surface area (Å²) in [6, 6.07) is 4.96. The molecule has 8 heteroatoms. The van der Waals surface area contributed by atoms with E-state index in [0.717, 1.165) is 12.1 Å². The van der Waals surface area contributed by atoms with Crippen LogP contribution in [0.1, 0.15) is 16.2 Å². The van der Waals surface area contributed by atoms with Gasteiger partial charge in [0.25, 0.3) is 5.91 Å². The number of nitrogens with zero attached hydrogens (tertiary/aromatic N) is 2. The van der Waals surface area contributed by atoms with Crippen molar-refractivity contribution in [3.8, 4) is 5.75 Å². The number of benzene rings is 1. The molecule has 0 saturated heterocycles. The molecule has 5 nitrogen and oxygen atoms in total. The Balaban J connectivity index is 2.10. The van der Waals surface area contributed by atoms with Crippen LogP contribution in [0.5, 0.6) is 5.75 Å². The first kappa shape index (κ1) is 14.8. The van der Waals surface area contributed by atoms with E-state index in [1.165, 1.54) is 24.5 Å². The molecule has 1 heterocycles. The fraction of sp³-hybridized carbons (Fsp3) is 0.154. The topological polar surface area (TPSA) is 64.1 Å². The molecule has 0 unspecified atom stereocenters. The standard InChI is InChI=1S/C13H10F3N3O2/c1-8-6-18-11(7-17-8)12(20)19-9-3-2-4-10(5-9)21-13(14,15)16/h2-7H,1H3,(H,19,20). The highest BCUT2D eigenvalue weighted by atomic mass is 19.4. The minimum Gasteiger partial charge on any atom is -0.406 e. The van der Waals surface area contributed by atoms with Crippen molar-refractivity contribution in [1.82, 2.24) is 9.97 Å². The predicted molar refractivity (Wildman–Crippen MR) is 67.8 cm³/mol. The van der Waals surface area contributed by atoms with E-state index in [1.54, 1.807) is 6.92 Å². The SMILES string of the molecule is Cc1cnc(C(=O)Nc2cccc(OC(F)(F)F)c2)cn1. The summed E-state index contributed by atoms with van der Waals surface area (Å²) in [7, 11) is 0. The van der Waals surface area contributed by atoms with E-state index in [2.05, 4.69) is 20.0 Å². The van der Waals surface area contributed by atoms with Gasteiger partial charge in [0.15, 0.2) is 0 Å². The van der Waals surface area contributed by atoms with E-state index in [-0.39, 0.29) is 11.4 Å². The van der Waals surface area contributed by atoms with E-state index >= 15 is 0 Å². The molecule has 1 amide bonds. The molecule has 21 heavy (non-hydrogen) atoms. The maximum atomic E-state index is 12.1. The Hall–Kier alpha value is -2.64. The van der Waals surface area contributed by atoms with Gasteiger partial charge in [0.2, 0.25) is 0 Å². The molecule has 0 radical (unpaired) electrons. The zero-order chi connectivity index (χ0) is 15.5. The molecule has 0 bridgehead atoms. The number of carbonyl (C=O) groups is 1. The third kappa shape index (κ3) is 4.44. The molecule has 0 saturated carbocycles. The van der Waals surface area contributed by atoms with Crippen LogP contribution >= 0.6 is 0 Å². The molecule has 0 spiro atoms. The first-order chi connectivity index (χ1) is 9.83. The summed E-state index contributed by atoms with van der Waals surface area (Å²) in [5.41, 5.74) is 0.860. The Morgan fingerprint density at radius 3 is 2.62 bits per heavy atom. The number of carbonyl (C=O) groups excluding carboxylic acids is 1. The van der Waals surface area contributed by atoms with Crippen LogP contribution in [-0.4, -0.2) is 22.2 Å². The maximum Gasteiger partial charge on any atom is 0.573 e. The fourth-order valence-corrected chi connectivity index (χ4v) is 1.48. The van der Waals surface area contributed by atoms with Crippen molar-refractivity contribution >= 4 is 11.6 Å². The number of hydrogen-bond acceptors (Lipinski definition) is 4. The van der Waals surface area contributed by atoms with E-state index in [1.807, 2.05) is 0 Å². The lowest BCUT2D eigenvalue weighted by atomic mass is 10.3. The zero-order valence-electron chi connectivity index (χ0n) is 10.8. The van der Waals surface area contributed by atoms with Crippen LogP contribution in [-0.2, 0) is 0 Å². The average Bonchev–Trinajstić information content (AvgIpc) is 2.37. The highest BCUT2D eigenvalue weighted by molar-refractivity contribution is 6.02. The van der Waals surface area contributed by atoms with Gasteiger partial charge in [-0.2, -0.15) is 0 Å². The summed E-state index contributed by atoms with van der Waals surface area (Å²) in [6.45, 7) is 1.71. The second-order valence-electron chi connectivity index (χ2n) is 4.07. The molecule has 1 aromatic carbocycles. The van der Waals surface area contributed by atoms with Gasteiger partial charge in [0, 0.05) is 18.0 Å². The number of alkyl halides is 3. The molecule has 2 aromatic rings. The van der Waals surface area contributed by atoms with Crippen molar-refractivity contribution in [2.75, 3.05) is 5.32 Å². The molecule has 1 aromatic heterocycles. The van der Waals surface area contributed by atoms with Crippen molar-refractivity contribution in [1.29, 1.82) is 0 Å². The fourth-order valence-electron chi connectivity index (χ4n) is 1.48. The first-order valence-electron chi connectivity index (χ1n) is 5.79. The van der Waals surface area contributed by atoms with Gasteiger partial charge in [0.1, 0.15) is 11.4 Å². The highest BCUT2D eigenvalue weighted by Crippen LogP contribution is 2.25. The van der Waals surface area contributed by atoms with Gasteiger partial charge in [-0.25, -0.2) is 4.98 Å².